The van der Waals surface area contributed by atoms with Gasteiger partial charge in [-0.25, -0.2) is 19.2 Å². The van der Waals surface area contributed by atoms with Crippen molar-refractivity contribution >= 4 is 47.8 Å². The summed E-state index contributed by atoms with van der Waals surface area (Å²) >= 11 is 0. The minimum Gasteiger partial charge on any atom is -0.459 e. The van der Waals surface area contributed by atoms with Crippen LogP contribution in [-0.4, -0.2) is 157 Å². The highest BCUT2D eigenvalue weighted by Gasteiger charge is 2.68. The average molecular weight is 1370 g/mol. The SMILES string of the molecule is C.C=C(C)C(=O)OC1(CC)CCCC1.C=C(C)C(=O)O[C@@H]1C(=O)O[C@@H]2[C@H]3OC4(CCC(C(=O)OC(C)C(F)(F)F)CC4)O[C@H]3O[C@@H]21.CCC(C)(C)C(=O)O[C@@H]1C(=O)O[C@@H]2[C@H]3OC4(CCC(C(=O)OC(C)C(F)(F)F)CC4)O[C@H]3O[C@@H]21.CCC1(OC(=O)C(C)(C)CC)CCCC1. The lowest BCUT2D eigenvalue weighted by Crippen LogP contribution is -2.43. The highest BCUT2D eigenvalue weighted by atomic mass is 19.4. The number of hydrogen-bond acceptors (Lipinski definition) is 22. The van der Waals surface area contributed by atoms with Gasteiger partial charge in [0, 0.05) is 36.8 Å². The lowest BCUT2D eigenvalue weighted by molar-refractivity contribution is -0.251. The van der Waals surface area contributed by atoms with Gasteiger partial charge in [-0.1, -0.05) is 48.3 Å². The Hall–Kier alpha value is -5.42. The number of carbonyl (C=O) groups is 8. The largest absolute Gasteiger partial charge is 0.459 e. The number of fused-ring (bicyclic) bond motifs is 6. The fourth-order valence-electron chi connectivity index (χ4n) is 12.6. The quantitative estimate of drug-likeness (QED) is 0.0601. The number of halogens is 6. The third kappa shape index (κ3) is 18.3. The predicted molar refractivity (Wildman–Crippen MR) is 321 cm³/mol. The molecule has 6 heterocycles. The van der Waals surface area contributed by atoms with Gasteiger partial charge >= 0.3 is 60.1 Å². The molecule has 10 rings (SSSR count). The molecule has 0 aromatic heterocycles. The first-order chi connectivity index (χ1) is 43.7. The van der Waals surface area contributed by atoms with E-state index in [0.717, 1.165) is 58.8 Å². The minimum absolute atomic E-state index is 0. The molecule has 95 heavy (non-hydrogen) atoms. The Morgan fingerprint density at radius 3 is 1.19 bits per heavy atom. The number of ether oxygens (including phenoxy) is 14. The molecule has 0 amide bonds. The molecule has 6 saturated heterocycles. The molecule has 10 fully saturated rings. The van der Waals surface area contributed by atoms with E-state index in [1.807, 2.05) is 27.7 Å². The summed E-state index contributed by atoms with van der Waals surface area (Å²) in [7, 11) is 0. The van der Waals surface area contributed by atoms with Crippen LogP contribution in [0.5, 0.6) is 0 Å². The van der Waals surface area contributed by atoms with Crippen LogP contribution < -0.4 is 0 Å². The van der Waals surface area contributed by atoms with Crippen LogP contribution in [-0.2, 0) is 105 Å². The van der Waals surface area contributed by atoms with E-state index in [1.165, 1.54) is 32.6 Å². The highest BCUT2D eigenvalue weighted by Crippen LogP contribution is 2.52. The number of esters is 8. The van der Waals surface area contributed by atoms with Gasteiger partial charge in [-0.05, 0) is 158 Å². The van der Waals surface area contributed by atoms with E-state index in [1.54, 1.807) is 20.8 Å². The Morgan fingerprint density at radius 1 is 0.505 bits per heavy atom. The first-order valence-corrected chi connectivity index (χ1v) is 32.9. The van der Waals surface area contributed by atoms with Crippen molar-refractivity contribution in [3.8, 4) is 0 Å². The molecule has 0 N–H and O–H groups in total. The Labute approximate surface area is 551 Å². The smallest absolute Gasteiger partial charge is 0.425 e. The number of alkyl halides is 6. The van der Waals surface area contributed by atoms with Crippen LogP contribution in [0.15, 0.2) is 24.3 Å². The maximum Gasteiger partial charge on any atom is 0.425 e. The highest BCUT2D eigenvalue weighted by molar-refractivity contribution is 5.90. The van der Waals surface area contributed by atoms with Crippen LogP contribution in [0.1, 0.15) is 219 Å². The van der Waals surface area contributed by atoms with E-state index in [-0.39, 0.29) is 92.9 Å². The zero-order valence-corrected chi connectivity index (χ0v) is 55.9. The molecule has 6 aliphatic heterocycles. The molecular weight excluding hydrogens is 1270 g/mol. The van der Waals surface area contributed by atoms with Crippen molar-refractivity contribution in [1.29, 1.82) is 0 Å². The van der Waals surface area contributed by atoms with Gasteiger partial charge in [-0.3, -0.25) is 19.2 Å². The first-order valence-electron chi connectivity index (χ1n) is 32.9. The molecule has 28 heteroatoms. The Kier molecular flexibility index (Phi) is 25.5. The molecule has 540 valence electrons. The van der Waals surface area contributed by atoms with Crippen molar-refractivity contribution in [2.45, 2.75) is 328 Å². The Bertz CT molecular complexity index is 2770. The van der Waals surface area contributed by atoms with E-state index < -0.39 is 151 Å². The lowest BCUT2D eigenvalue weighted by Gasteiger charge is -2.36. The monoisotopic (exact) mass is 1370 g/mol. The summed E-state index contributed by atoms with van der Waals surface area (Å²) in [6, 6.07) is 0. The molecule has 2 unspecified atom stereocenters. The zero-order valence-electron chi connectivity index (χ0n) is 55.9. The summed E-state index contributed by atoms with van der Waals surface area (Å²) in [6.45, 7) is 27.2. The van der Waals surface area contributed by atoms with Crippen LogP contribution in [0.4, 0.5) is 26.3 Å². The van der Waals surface area contributed by atoms with Gasteiger partial charge in [0.2, 0.25) is 12.2 Å². The molecular formula is C67H98F6O22. The van der Waals surface area contributed by atoms with E-state index >= 15 is 0 Å². The molecule has 0 aromatic rings. The third-order valence-electron chi connectivity index (χ3n) is 20.0. The summed E-state index contributed by atoms with van der Waals surface area (Å²) in [5.41, 5.74) is -0.795. The molecule has 4 aliphatic carbocycles. The summed E-state index contributed by atoms with van der Waals surface area (Å²) in [5.74, 6) is -8.45. The molecule has 2 spiro atoms. The Balaban J connectivity index is 0.000000215. The summed E-state index contributed by atoms with van der Waals surface area (Å²) in [4.78, 5) is 96.3. The van der Waals surface area contributed by atoms with Crippen LogP contribution >= 0.6 is 0 Å². The van der Waals surface area contributed by atoms with Crippen molar-refractivity contribution < 1.29 is 131 Å². The molecule has 0 aromatic carbocycles. The summed E-state index contributed by atoms with van der Waals surface area (Å²) < 4.78 is 153. The van der Waals surface area contributed by atoms with Gasteiger partial charge in [0.25, 0.3) is 0 Å². The second-order valence-electron chi connectivity index (χ2n) is 27.7. The molecule has 0 radical (unpaired) electrons. The first kappa shape index (κ1) is 78.6. The average Bonchev–Trinajstić information content (AvgIpc) is 1.58. The van der Waals surface area contributed by atoms with E-state index in [9.17, 15) is 64.7 Å². The molecule has 4 saturated carbocycles. The standard InChI is InChI=1S/C22H29F3O9.C20H23F3O9.C13H24O2.C11H18O2.CH4/c1-5-20(3,4)19(28)32-14-12-13(30-17(14)27)15-18(31-12)34-21(33-15)8-6-11(7-9-21)16(26)29-10(2)22(23,24)25;1-8(2)15(24)29-13-11-12(28-17(13)26)14-18(30-11)32-19(31-14)6-4-10(5-7-19)16(25)27-9(3)20(21,22)23;1-5-12(3,4)11(14)15-13(6-2)9-7-8-10-13;1-4-11(7-5-6-8-11)13-10(12)9(2)3;/h10-15,18H,5-9H2,1-4H3;9-14,18H,1,4-7H2,2-3H3;5-10H2,1-4H3;2,4-8H2,1,3H3;1H4/t10?,11?,12-,13-,14-,15+,18+,21?;9?,10?,11-,12-,13-,14+,18+,19?;;;/m00.../s1. The van der Waals surface area contributed by atoms with Crippen molar-refractivity contribution in [2.24, 2.45) is 22.7 Å². The maximum absolute atomic E-state index is 12.7. The Morgan fingerprint density at radius 2 is 0.853 bits per heavy atom. The van der Waals surface area contributed by atoms with Crippen molar-refractivity contribution in [3.63, 3.8) is 0 Å². The summed E-state index contributed by atoms with van der Waals surface area (Å²) in [6.07, 6.45) is -8.88. The number of carbonyl (C=O) groups excluding carboxylic acids is 8. The van der Waals surface area contributed by atoms with Gasteiger partial charge < -0.3 is 66.3 Å². The summed E-state index contributed by atoms with van der Waals surface area (Å²) in [5, 5.41) is 0. The minimum atomic E-state index is -4.62. The molecule has 12 atom stereocenters. The van der Waals surface area contributed by atoms with Crippen LogP contribution in [0.2, 0.25) is 0 Å². The molecule has 10 aliphatic rings. The van der Waals surface area contributed by atoms with Crippen LogP contribution in [0.3, 0.4) is 0 Å². The van der Waals surface area contributed by atoms with E-state index in [2.05, 4.69) is 36.5 Å². The fourth-order valence-corrected chi connectivity index (χ4v) is 12.6. The van der Waals surface area contributed by atoms with Gasteiger partial charge in [-0.15, -0.1) is 0 Å². The van der Waals surface area contributed by atoms with Gasteiger partial charge in [0.1, 0.15) is 23.4 Å². The maximum atomic E-state index is 12.7. The topological polar surface area (TPSA) is 266 Å². The van der Waals surface area contributed by atoms with E-state index in [4.69, 9.17) is 56.8 Å². The molecule has 22 nitrogen and oxygen atoms in total. The van der Waals surface area contributed by atoms with Gasteiger partial charge in [0.05, 0.1) is 22.7 Å². The fraction of sp³-hybridized carbons (Fsp3) is 0.821. The van der Waals surface area contributed by atoms with Gasteiger partial charge in [0.15, 0.2) is 60.8 Å². The lowest BCUT2D eigenvalue weighted by atomic mass is 9.85. The van der Waals surface area contributed by atoms with Crippen LogP contribution in [0.25, 0.3) is 0 Å². The van der Waals surface area contributed by atoms with Gasteiger partial charge in [-0.2, -0.15) is 26.3 Å². The van der Waals surface area contributed by atoms with Crippen molar-refractivity contribution in [2.75, 3.05) is 0 Å². The number of rotatable bonds is 16. The second kappa shape index (κ2) is 30.8. The third-order valence-corrected chi connectivity index (χ3v) is 20.0. The van der Waals surface area contributed by atoms with Crippen molar-refractivity contribution in [1.82, 2.24) is 0 Å². The normalized spacial score (nSPS) is 32.8. The predicted octanol–water partition coefficient (Wildman–Crippen LogP) is 11.9. The van der Waals surface area contributed by atoms with Crippen LogP contribution in [0, 0.1) is 22.7 Å². The van der Waals surface area contributed by atoms with Crippen molar-refractivity contribution in [3.05, 3.63) is 24.3 Å². The van der Waals surface area contributed by atoms with E-state index in [0.29, 0.717) is 12.0 Å². The number of hydrogen-bond donors (Lipinski definition) is 0. The molecule has 0 bridgehead atoms. The second-order valence-corrected chi connectivity index (χ2v) is 27.7. The zero-order chi connectivity index (χ0) is 69.9.